The van der Waals surface area contributed by atoms with E-state index in [1.807, 2.05) is 30.6 Å². The maximum atomic E-state index is 4.42. The Morgan fingerprint density at radius 2 is 2.07 bits per heavy atom. The van der Waals surface area contributed by atoms with Crippen LogP contribution in [0.4, 0.5) is 5.69 Å². The van der Waals surface area contributed by atoms with E-state index in [4.69, 9.17) is 0 Å². The monoisotopic (exact) mass is 252 g/mol. The second-order valence-corrected chi connectivity index (χ2v) is 4.38. The summed E-state index contributed by atoms with van der Waals surface area (Å²) in [5.41, 5.74) is 1.01. The molecule has 0 aromatic heterocycles. The van der Waals surface area contributed by atoms with E-state index in [0.717, 1.165) is 23.2 Å². The third-order valence-corrected chi connectivity index (χ3v) is 2.81. The normalized spacial score (nSPS) is 16.8. The second-order valence-electron chi connectivity index (χ2n) is 3.47. The predicted molar refractivity (Wildman–Crippen MR) is 63.1 cm³/mol. The van der Waals surface area contributed by atoms with Crippen LogP contribution < -0.4 is 0 Å². The molecule has 0 atom stereocenters. The first kappa shape index (κ1) is 9.71. The zero-order valence-corrected chi connectivity index (χ0v) is 9.57. The van der Waals surface area contributed by atoms with Gasteiger partial charge in [0, 0.05) is 17.6 Å². The number of aliphatic imine (C=N–C) groups is 1. The van der Waals surface area contributed by atoms with Crippen molar-refractivity contribution in [2.45, 2.75) is 12.8 Å². The van der Waals surface area contributed by atoms with Gasteiger partial charge in [0.2, 0.25) is 0 Å². The summed E-state index contributed by atoms with van der Waals surface area (Å²) in [7, 11) is 0. The van der Waals surface area contributed by atoms with Crippen LogP contribution in [-0.2, 0) is 0 Å². The molecule has 1 fully saturated rings. The Morgan fingerprint density at radius 1 is 1.29 bits per heavy atom. The average Bonchev–Trinajstić information content (AvgIpc) is 2.67. The van der Waals surface area contributed by atoms with Crippen LogP contribution in [0.5, 0.6) is 0 Å². The maximum Gasteiger partial charge on any atom is 0.0912 e. The second kappa shape index (κ2) is 4.60. The summed E-state index contributed by atoms with van der Waals surface area (Å²) in [5, 5.41) is 0. The Morgan fingerprint density at radius 3 is 2.79 bits per heavy atom. The quantitative estimate of drug-likeness (QED) is 0.583. The molecule has 0 unspecified atom stereocenters. The van der Waals surface area contributed by atoms with Crippen molar-refractivity contribution in [2.24, 2.45) is 4.99 Å². The van der Waals surface area contributed by atoms with Gasteiger partial charge in [0.25, 0.3) is 0 Å². The zero-order valence-electron chi connectivity index (χ0n) is 7.99. The van der Waals surface area contributed by atoms with E-state index in [-0.39, 0.29) is 0 Å². The lowest BCUT2D eigenvalue weighted by molar-refractivity contribution is 0.536. The molecule has 0 bridgehead atoms. The fraction of sp³-hybridized carbons (Fsp3) is 0.364. The molecule has 2 rings (SSSR count). The van der Waals surface area contributed by atoms with Crippen LogP contribution in [0.15, 0.2) is 33.7 Å². The maximum absolute atomic E-state index is 4.42. The van der Waals surface area contributed by atoms with Gasteiger partial charge in [-0.2, -0.15) is 0 Å². The van der Waals surface area contributed by atoms with Crippen molar-refractivity contribution in [1.82, 2.24) is 4.90 Å². The molecule has 2 nitrogen and oxygen atoms in total. The van der Waals surface area contributed by atoms with Gasteiger partial charge in [-0.1, -0.05) is 22.0 Å². The smallest absolute Gasteiger partial charge is 0.0912 e. The summed E-state index contributed by atoms with van der Waals surface area (Å²) in [6.45, 7) is 2.30. The molecule has 1 aromatic carbocycles. The van der Waals surface area contributed by atoms with Gasteiger partial charge in [-0.3, -0.25) is 0 Å². The highest BCUT2D eigenvalue weighted by atomic mass is 79.9. The van der Waals surface area contributed by atoms with Crippen molar-refractivity contribution >= 4 is 28.0 Å². The van der Waals surface area contributed by atoms with Crippen LogP contribution in [0.2, 0.25) is 0 Å². The first-order chi connectivity index (χ1) is 6.84. The van der Waals surface area contributed by atoms with Crippen molar-refractivity contribution in [1.29, 1.82) is 0 Å². The molecule has 0 amide bonds. The molecule has 0 aliphatic carbocycles. The first-order valence-corrected chi connectivity index (χ1v) is 5.68. The number of nitrogens with zero attached hydrogens (tertiary/aromatic N) is 2. The number of benzene rings is 1. The standard InChI is InChI=1S/C11H13BrN2/c12-10-4-3-5-11(8-10)13-9-14-6-1-2-7-14/h3-5,8-9H,1-2,6-7H2. The van der Waals surface area contributed by atoms with Gasteiger partial charge < -0.3 is 4.90 Å². The first-order valence-electron chi connectivity index (χ1n) is 4.88. The molecule has 0 N–H and O–H groups in total. The molecule has 1 aromatic rings. The molecular weight excluding hydrogens is 240 g/mol. The minimum absolute atomic E-state index is 1.01. The molecule has 0 spiro atoms. The molecule has 1 heterocycles. The molecule has 1 aliphatic heterocycles. The van der Waals surface area contributed by atoms with Crippen molar-refractivity contribution < 1.29 is 0 Å². The van der Waals surface area contributed by atoms with E-state index in [2.05, 4.69) is 25.8 Å². The van der Waals surface area contributed by atoms with Crippen LogP contribution >= 0.6 is 15.9 Å². The molecule has 14 heavy (non-hydrogen) atoms. The van der Waals surface area contributed by atoms with Crippen molar-refractivity contribution in [3.63, 3.8) is 0 Å². The molecule has 0 radical (unpaired) electrons. The zero-order chi connectivity index (χ0) is 9.80. The highest BCUT2D eigenvalue weighted by Crippen LogP contribution is 2.18. The van der Waals surface area contributed by atoms with Crippen LogP contribution in [0.1, 0.15) is 12.8 Å². The Kier molecular flexibility index (Phi) is 3.19. The van der Waals surface area contributed by atoms with Crippen molar-refractivity contribution in [3.8, 4) is 0 Å². The number of halogens is 1. The molecule has 1 saturated heterocycles. The van der Waals surface area contributed by atoms with Crippen molar-refractivity contribution in [2.75, 3.05) is 13.1 Å². The van der Waals surface area contributed by atoms with Gasteiger partial charge in [0.05, 0.1) is 12.0 Å². The number of hydrogen-bond donors (Lipinski definition) is 0. The summed E-state index contributed by atoms with van der Waals surface area (Å²) in [5.74, 6) is 0. The van der Waals surface area contributed by atoms with Gasteiger partial charge in [0.1, 0.15) is 0 Å². The number of hydrogen-bond acceptors (Lipinski definition) is 1. The topological polar surface area (TPSA) is 15.6 Å². The fourth-order valence-electron chi connectivity index (χ4n) is 1.56. The third kappa shape index (κ3) is 2.58. The van der Waals surface area contributed by atoms with Gasteiger partial charge in [-0.05, 0) is 31.0 Å². The van der Waals surface area contributed by atoms with Crippen LogP contribution in [0.25, 0.3) is 0 Å². The van der Waals surface area contributed by atoms with E-state index < -0.39 is 0 Å². The van der Waals surface area contributed by atoms with E-state index >= 15 is 0 Å². The van der Waals surface area contributed by atoms with Crippen LogP contribution in [0, 0.1) is 0 Å². The van der Waals surface area contributed by atoms with Gasteiger partial charge in [-0.25, -0.2) is 4.99 Å². The number of likely N-dealkylation sites (tertiary alicyclic amines) is 1. The summed E-state index contributed by atoms with van der Waals surface area (Å²) in [6.07, 6.45) is 4.55. The molecule has 3 heteroatoms. The molecular formula is C11H13BrN2. The van der Waals surface area contributed by atoms with E-state index in [1.54, 1.807) is 0 Å². The SMILES string of the molecule is Brc1cccc(N=CN2CCCC2)c1. The Balaban J connectivity index is 2.02. The third-order valence-electron chi connectivity index (χ3n) is 2.32. The van der Waals surface area contributed by atoms with Crippen molar-refractivity contribution in [3.05, 3.63) is 28.7 Å². The van der Waals surface area contributed by atoms with Gasteiger partial charge in [0.15, 0.2) is 0 Å². The Bertz CT molecular complexity index is 330. The molecule has 1 aliphatic rings. The lowest BCUT2D eigenvalue weighted by atomic mass is 10.3. The van der Waals surface area contributed by atoms with E-state index in [0.29, 0.717) is 0 Å². The summed E-state index contributed by atoms with van der Waals surface area (Å²) < 4.78 is 1.08. The molecule has 0 saturated carbocycles. The van der Waals surface area contributed by atoms with Gasteiger partial charge >= 0.3 is 0 Å². The predicted octanol–water partition coefficient (Wildman–Crippen LogP) is 3.20. The largest absolute Gasteiger partial charge is 0.363 e. The highest BCUT2D eigenvalue weighted by molar-refractivity contribution is 9.10. The molecule has 74 valence electrons. The van der Waals surface area contributed by atoms with Crippen LogP contribution in [0.3, 0.4) is 0 Å². The summed E-state index contributed by atoms with van der Waals surface area (Å²) >= 11 is 3.43. The summed E-state index contributed by atoms with van der Waals surface area (Å²) in [4.78, 5) is 6.68. The lowest BCUT2D eigenvalue weighted by Crippen LogP contribution is -2.15. The Hall–Kier alpha value is -0.830. The lowest BCUT2D eigenvalue weighted by Gasteiger charge is -2.08. The summed E-state index contributed by atoms with van der Waals surface area (Å²) in [6, 6.07) is 8.04. The minimum atomic E-state index is 1.01. The van der Waals surface area contributed by atoms with Crippen LogP contribution in [-0.4, -0.2) is 24.3 Å². The Labute approximate surface area is 92.8 Å². The van der Waals surface area contributed by atoms with E-state index in [1.165, 1.54) is 12.8 Å². The average molecular weight is 253 g/mol. The van der Waals surface area contributed by atoms with E-state index in [9.17, 15) is 0 Å². The van der Waals surface area contributed by atoms with Gasteiger partial charge in [-0.15, -0.1) is 0 Å². The highest BCUT2D eigenvalue weighted by Gasteiger charge is 2.06. The number of rotatable bonds is 2. The minimum Gasteiger partial charge on any atom is -0.363 e. The fourth-order valence-corrected chi connectivity index (χ4v) is 1.95.